The highest BCUT2D eigenvalue weighted by molar-refractivity contribution is 4.96. The molecule has 3 nitrogen and oxygen atoms in total. The van der Waals surface area contributed by atoms with Gasteiger partial charge in [0.25, 0.3) is 0 Å². The smallest absolute Gasteiger partial charge is 0.0468 e. The largest absolute Gasteiger partial charge is 0.385 e. The molecule has 2 aliphatic rings. The lowest BCUT2D eigenvalue weighted by molar-refractivity contribution is 0.170. The Labute approximate surface area is 99.1 Å². The molecule has 0 saturated heterocycles. The quantitative estimate of drug-likeness (QED) is 0.619. The van der Waals surface area contributed by atoms with Crippen molar-refractivity contribution in [2.45, 2.75) is 50.5 Å². The van der Waals surface area contributed by atoms with Gasteiger partial charge in [0.1, 0.15) is 0 Å². The summed E-state index contributed by atoms with van der Waals surface area (Å²) in [7, 11) is 1.79. The molecule has 16 heavy (non-hydrogen) atoms. The van der Waals surface area contributed by atoms with Crippen LogP contribution in [0.5, 0.6) is 0 Å². The second-order valence-corrected chi connectivity index (χ2v) is 5.89. The van der Waals surface area contributed by atoms with E-state index in [4.69, 9.17) is 10.5 Å². The second kappa shape index (κ2) is 5.03. The molecule has 0 radical (unpaired) electrons. The molecule has 2 aliphatic carbocycles. The minimum absolute atomic E-state index is 0.177. The summed E-state index contributed by atoms with van der Waals surface area (Å²) >= 11 is 0. The third kappa shape index (κ3) is 3.19. The van der Waals surface area contributed by atoms with Crippen LogP contribution in [-0.2, 0) is 4.74 Å². The van der Waals surface area contributed by atoms with E-state index in [1.807, 2.05) is 0 Å². The molecule has 0 amide bonds. The van der Waals surface area contributed by atoms with Gasteiger partial charge in [0.05, 0.1) is 0 Å². The van der Waals surface area contributed by atoms with Crippen LogP contribution in [0.25, 0.3) is 0 Å². The number of hydrogen-bond acceptors (Lipinski definition) is 3. The summed E-state index contributed by atoms with van der Waals surface area (Å²) in [4.78, 5) is 0. The Hall–Kier alpha value is -0.120. The fourth-order valence-electron chi connectivity index (χ4n) is 2.58. The SMILES string of the molecule is COCCC1(CNCCC2(N)CCC2)CC1. The Balaban J connectivity index is 1.54. The summed E-state index contributed by atoms with van der Waals surface area (Å²) in [5.74, 6) is 0. The molecule has 0 atom stereocenters. The highest BCUT2D eigenvalue weighted by Crippen LogP contribution is 2.48. The fraction of sp³-hybridized carbons (Fsp3) is 1.00. The van der Waals surface area contributed by atoms with Gasteiger partial charge in [0.2, 0.25) is 0 Å². The van der Waals surface area contributed by atoms with E-state index in [1.54, 1.807) is 7.11 Å². The van der Waals surface area contributed by atoms with Crippen molar-refractivity contribution in [2.75, 3.05) is 26.8 Å². The van der Waals surface area contributed by atoms with Gasteiger partial charge in [0.15, 0.2) is 0 Å². The van der Waals surface area contributed by atoms with E-state index in [0.717, 1.165) is 26.1 Å². The normalized spacial score (nSPS) is 25.1. The molecule has 0 aromatic heterocycles. The number of nitrogens with two attached hydrogens (primary N) is 1. The van der Waals surface area contributed by atoms with Gasteiger partial charge in [-0.3, -0.25) is 0 Å². The minimum Gasteiger partial charge on any atom is -0.385 e. The van der Waals surface area contributed by atoms with Gasteiger partial charge in [-0.15, -0.1) is 0 Å². The Kier molecular flexibility index (Phi) is 3.88. The fourth-order valence-corrected chi connectivity index (χ4v) is 2.58. The Morgan fingerprint density at radius 3 is 2.44 bits per heavy atom. The lowest BCUT2D eigenvalue weighted by Crippen LogP contribution is -2.48. The Morgan fingerprint density at radius 2 is 1.94 bits per heavy atom. The summed E-state index contributed by atoms with van der Waals surface area (Å²) in [6.45, 7) is 3.15. The number of methoxy groups -OCH3 is 1. The molecule has 94 valence electrons. The molecule has 3 N–H and O–H groups in total. The molecular weight excluding hydrogens is 200 g/mol. The maximum atomic E-state index is 6.19. The Bertz CT molecular complexity index is 222. The number of ether oxygens (including phenoxy) is 1. The summed E-state index contributed by atoms with van der Waals surface area (Å²) in [5, 5.41) is 3.59. The Morgan fingerprint density at radius 1 is 1.19 bits per heavy atom. The molecule has 0 unspecified atom stereocenters. The van der Waals surface area contributed by atoms with E-state index in [0.29, 0.717) is 5.41 Å². The van der Waals surface area contributed by atoms with Crippen molar-refractivity contribution in [3.63, 3.8) is 0 Å². The van der Waals surface area contributed by atoms with Gasteiger partial charge in [0, 0.05) is 25.8 Å². The van der Waals surface area contributed by atoms with Crippen molar-refractivity contribution in [1.82, 2.24) is 5.32 Å². The van der Waals surface area contributed by atoms with Crippen molar-refractivity contribution in [1.29, 1.82) is 0 Å². The van der Waals surface area contributed by atoms with E-state index < -0.39 is 0 Å². The zero-order chi connectivity index (χ0) is 11.5. The van der Waals surface area contributed by atoms with Gasteiger partial charge in [-0.05, 0) is 56.9 Å². The number of nitrogens with one attached hydrogen (secondary N) is 1. The van der Waals surface area contributed by atoms with E-state index in [9.17, 15) is 0 Å². The van der Waals surface area contributed by atoms with E-state index in [2.05, 4.69) is 5.32 Å². The number of rotatable bonds is 8. The molecule has 0 aliphatic heterocycles. The first-order valence-corrected chi connectivity index (χ1v) is 6.67. The van der Waals surface area contributed by atoms with Crippen LogP contribution in [0.1, 0.15) is 44.9 Å². The highest BCUT2D eigenvalue weighted by atomic mass is 16.5. The molecule has 2 saturated carbocycles. The molecule has 0 heterocycles. The molecule has 0 spiro atoms. The van der Waals surface area contributed by atoms with Crippen LogP contribution in [0.4, 0.5) is 0 Å². The van der Waals surface area contributed by atoms with E-state index in [1.165, 1.54) is 38.5 Å². The van der Waals surface area contributed by atoms with E-state index >= 15 is 0 Å². The first-order valence-electron chi connectivity index (χ1n) is 6.67. The van der Waals surface area contributed by atoms with Crippen LogP contribution in [0, 0.1) is 5.41 Å². The third-order valence-electron chi connectivity index (χ3n) is 4.44. The summed E-state index contributed by atoms with van der Waals surface area (Å²) < 4.78 is 5.16. The van der Waals surface area contributed by atoms with Gasteiger partial charge in [-0.25, -0.2) is 0 Å². The first kappa shape index (κ1) is 12.3. The van der Waals surface area contributed by atoms with Gasteiger partial charge >= 0.3 is 0 Å². The standard InChI is InChI=1S/C13H26N2O/c1-16-10-8-12(5-6-12)11-15-9-7-13(14)3-2-4-13/h15H,2-11,14H2,1H3. The topological polar surface area (TPSA) is 47.3 Å². The minimum atomic E-state index is 0.177. The summed E-state index contributed by atoms with van der Waals surface area (Å²) in [6.07, 6.45) is 8.88. The molecule has 0 aromatic rings. The van der Waals surface area contributed by atoms with Crippen LogP contribution in [0.3, 0.4) is 0 Å². The molecule has 0 aromatic carbocycles. The zero-order valence-corrected chi connectivity index (χ0v) is 10.6. The average Bonchev–Trinajstić information content (AvgIpc) is 3.00. The van der Waals surface area contributed by atoms with Crippen molar-refractivity contribution in [3.05, 3.63) is 0 Å². The van der Waals surface area contributed by atoms with Crippen molar-refractivity contribution >= 4 is 0 Å². The predicted octanol–water partition coefficient (Wildman–Crippen LogP) is 1.66. The lowest BCUT2D eigenvalue weighted by Gasteiger charge is -2.38. The maximum absolute atomic E-state index is 6.19. The van der Waals surface area contributed by atoms with Gasteiger partial charge in [-0.1, -0.05) is 0 Å². The molecule has 0 bridgehead atoms. The zero-order valence-electron chi connectivity index (χ0n) is 10.6. The average molecular weight is 226 g/mol. The first-order chi connectivity index (χ1) is 7.68. The van der Waals surface area contributed by atoms with Crippen molar-refractivity contribution < 1.29 is 4.74 Å². The predicted molar refractivity (Wildman–Crippen MR) is 66.4 cm³/mol. The molecule has 3 heteroatoms. The van der Waals surface area contributed by atoms with Crippen LogP contribution in [-0.4, -0.2) is 32.3 Å². The number of hydrogen-bond donors (Lipinski definition) is 2. The lowest BCUT2D eigenvalue weighted by atomic mass is 9.75. The molecule has 2 fully saturated rings. The maximum Gasteiger partial charge on any atom is 0.0468 e. The van der Waals surface area contributed by atoms with Crippen LogP contribution < -0.4 is 11.1 Å². The van der Waals surface area contributed by atoms with Gasteiger partial charge < -0.3 is 15.8 Å². The molecular formula is C13H26N2O. The van der Waals surface area contributed by atoms with Crippen molar-refractivity contribution in [3.8, 4) is 0 Å². The highest BCUT2D eigenvalue weighted by Gasteiger charge is 2.41. The van der Waals surface area contributed by atoms with Crippen LogP contribution in [0.2, 0.25) is 0 Å². The van der Waals surface area contributed by atoms with Crippen molar-refractivity contribution in [2.24, 2.45) is 11.1 Å². The summed E-state index contributed by atoms with van der Waals surface area (Å²) in [6, 6.07) is 0. The second-order valence-electron chi connectivity index (χ2n) is 5.89. The molecule has 2 rings (SSSR count). The third-order valence-corrected chi connectivity index (χ3v) is 4.44. The van der Waals surface area contributed by atoms with Gasteiger partial charge in [-0.2, -0.15) is 0 Å². The summed E-state index contributed by atoms with van der Waals surface area (Å²) in [5.41, 5.74) is 6.93. The monoisotopic (exact) mass is 226 g/mol. The van der Waals surface area contributed by atoms with Crippen LogP contribution >= 0.6 is 0 Å². The van der Waals surface area contributed by atoms with Crippen LogP contribution in [0.15, 0.2) is 0 Å². The van der Waals surface area contributed by atoms with E-state index in [-0.39, 0.29) is 5.54 Å².